The summed E-state index contributed by atoms with van der Waals surface area (Å²) in [5, 5.41) is 48.7. The highest BCUT2D eigenvalue weighted by atomic mass is 16.5. The quantitative estimate of drug-likeness (QED) is 0.158. The number of hydrogen-bond acceptors (Lipinski definition) is 12. The number of aliphatic hydroxyl groups is 2. The number of aromatic nitrogens is 8. The first-order valence-electron chi connectivity index (χ1n) is 17.1. The lowest BCUT2D eigenvalue weighted by Gasteiger charge is -2.36. The summed E-state index contributed by atoms with van der Waals surface area (Å²) in [6.07, 6.45) is 5.05. The molecule has 0 bridgehead atoms. The molecule has 52 heavy (non-hydrogen) atoms. The van der Waals surface area contributed by atoms with Gasteiger partial charge in [0.25, 0.3) is 11.8 Å². The molecule has 2 saturated carbocycles. The van der Waals surface area contributed by atoms with Gasteiger partial charge in [-0.15, -0.1) is 10.2 Å². The zero-order valence-corrected chi connectivity index (χ0v) is 28.5. The molecule has 2 atom stereocenters. The predicted octanol–water partition coefficient (Wildman–Crippen LogP) is 4.24. The maximum atomic E-state index is 12.4. The SMILES string of the molecule is C[C@@H](O)c1cn(C2CC(NC(=O)c3cc(-c4ccccc4)on3)C2)nn1.C[C@@H](O)c1cnnn1C1CC(NC(=O)c2cc(-c3ccccc3)on2)C1. The molecule has 16 nitrogen and oxygen atoms in total. The Hall–Kier alpha value is -6.00. The molecule has 2 amide bonds. The lowest BCUT2D eigenvalue weighted by Crippen LogP contribution is -2.45. The Kier molecular flexibility index (Phi) is 9.99. The van der Waals surface area contributed by atoms with Crippen molar-refractivity contribution >= 4 is 11.8 Å². The van der Waals surface area contributed by atoms with Gasteiger partial charge in [-0.1, -0.05) is 81.4 Å². The van der Waals surface area contributed by atoms with Gasteiger partial charge in [-0.3, -0.25) is 9.59 Å². The number of carbonyl (C=O) groups excluding carboxylic acids is 2. The van der Waals surface area contributed by atoms with E-state index in [1.807, 2.05) is 60.7 Å². The van der Waals surface area contributed by atoms with Crippen LogP contribution < -0.4 is 10.6 Å². The number of benzene rings is 2. The van der Waals surface area contributed by atoms with E-state index in [1.165, 1.54) is 0 Å². The zero-order valence-electron chi connectivity index (χ0n) is 28.5. The lowest BCUT2D eigenvalue weighted by atomic mass is 9.86. The number of nitrogens with one attached hydrogen (secondary N) is 2. The van der Waals surface area contributed by atoms with Crippen LogP contribution in [0.4, 0.5) is 0 Å². The van der Waals surface area contributed by atoms with Crippen LogP contribution >= 0.6 is 0 Å². The number of aliphatic hydroxyl groups excluding tert-OH is 2. The van der Waals surface area contributed by atoms with Gasteiger partial charge < -0.3 is 29.9 Å². The molecular formula is C36H38N10O6. The highest BCUT2D eigenvalue weighted by molar-refractivity contribution is 5.94. The second-order valence-electron chi connectivity index (χ2n) is 13.1. The molecular weight excluding hydrogens is 668 g/mol. The van der Waals surface area contributed by atoms with Gasteiger partial charge >= 0.3 is 0 Å². The fraction of sp³-hybridized carbons (Fsp3) is 0.333. The molecule has 0 unspecified atom stereocenters. The van der Waals surface area contributed by atoms with Crippen molar-refractivity contribution in [1.29, 1.82) is 0 Å². The van der Waals surface area contributed by atoms with Gasteiger partial charge in [-0.25, -0.2) is 9.36 Å². The lowest BCUT2D eigenvalue weighted by molar-refractivity contribution is 0.0865. The fourth-order valence-corrected chi connectivity index (χ4v) is 6.08. The van der Waals surface area contributed by atoms with Crippen molar-refractivity contribution in [3.05, 3.63) is 108 Å². The Morgan fingerprint density at radius 2 is 1.27 bits per heavy atom. The van der Waals surface area contributed by atoms with Crippen molar-refractivity contribution in [2.75, 3.05) is 0 Å². The van der Waals surface area contributed by atoms with Crippen molar-refractivity contribution in [2.24, 2.45) is 0 Å². The van der Waals surface area contributed by atoms with Crippen LogP contribution in [-0.4, -0.2) is 74.4 Å². The van der Waals surface area contributed by atoms with Crippen LogP contribution in [-0.2, 0) is 0 Å². The van der Waals surface area contributed by atoms with E-state index >= 15 is 0 Å². The molecule has 2 aromatic carbocycles. The third kappa shape index (κ3) is 7.67. The maximum absolute atomic E-state index is 12.4. The summed E-state index contributed by atoms with van der Waals surface area (Å²) >= 11 is 0. The average molecular weight is 707 g/mol. The second-order valence-corrected chi connectivity index (χ2v) is 13.1. The molecule has 268 valence electrons. The smallest absolute Gasteiger partial charge is 0.273 e. The van der Waals surface area contributed by atoms with Crippen LogP contribution in [0.2, 0.25) is 0 Å². The molecule has 0 radical (unpaired) electrons. The second kappa shape index (κ2) is 15.1. The minimum atomic E-state index is -0.634. The number of nitrogens with zero attached hydrogens (tertiary/aromatic N) is 8. The largest absolute Gasteiger partial charge is 0.387 e. The standard InChI is InChI=1S/2C18H19N5O3/c1-11(24)16-10-23(22-20-16)14-7-13(8-14)19-18(25)15-9-17(26-21-15)12-5-3-2-4-6-12;1-11(24)16-10-19-22-23(16)14-7-13(8-14)20-18(25)15-9-17(26-21-15)12-5-3-2-4-6-12/h2-6,9-11,13-14,24H,7-8H2,1H3,(H,19,25);2-6,9-11,13-14,24H,7-8H2,1H3,(H,20,25)/t2*11-,13?,14?/m11/s1. The van der Waals surface area contributed by atoms with Gasteiger partial charge in [-0.2, -0.15) is 0 Å². The molecule has 4 aromatic heterocycles. The highest BCUT2D eigenvalue weighted by Crippen LogP contribution is 2.34. The third-order valence-corrected chi connectivity index (χ3v) is 9.21. The normalized spacial score (nSPS) is 20.4. The fourth-order valence-electron chi connectivity index (χ4n) is 6.08. The number of hydrogen-bond donors (Lipinski definition) is 4. The van der Waals surface area contributed by atoms with Crippen LogP contribution in [0.3, 0.4) is 0 Å². The van der Waals surface area contributed by atoms with Crippen LogP contribution in [0.25, 0.3) is 22.6 Å². The Morgan fingerprint density at radius 3 is 1.75 bits per heavy atom. The van der Waals surface area contributed by atoms with Crippen LogP contribution in [0.1, 0.15) is 96.2 Å². The zero-order chi connectivity index (χ0) is 36.2. The average Bonchev–Trinajstić information content (AvgIpc) is 3.95. The number of rotatable bonds is 10. The molecule has 0 spiro atoms. The van der Waals surface area contributed by atoms with E-state index in [4.69, 9.17) is 9.05 Å². The minimum Gasteiger partial charge on any atom is -0.387 e. The molecule has 16 heteroatoms. The summed E-state index contributed by atoms with van der Waals surface area (Å²) in [6.45, 7) is 3.34. The Balaban J connectivity index is 0.000000162. The summed E-state index contributed by atoms with van der Waals surface area (Å²) in [5.74, 6) is 0.623. The number of amides is 2. The third-order valence-electron chi connectivity index (χ3n) is 9.21. The molecule has 8 rings (SSSR count). The first-order valence-corrected chi connectivity index (χ1v) is 17.1. The minimum absolute atomic E-state index is 0.0374. The van der Waals surface area contributed by atoms with Crippen molar-refractivity contribution in [2.45, 2.75) is 75.9 Å². The van der Waals surface area contributed by atoms with Crippen molar-refractivity contribution in [1.82, 2.24) is 50.9 Å². The topological polar surface area (TPSA) is 212 Å². The van der Waals surface area contributed by atoms with Crippen LogP contribution in [0, 0.1) is 0 Å². The predicted molar refractivity (Wildman–Crippen MR) is 184 cm³/mol. The van der Waals surface area contributed by atoms with Gasteiger partial charge in [-0.05, 0) is 39.5 Å². The molecule has 2 aliphatic rings. The van der Waals surface area contributed by atoms with Crippen molar-refractivity contribution in [3.8, 4) is 22.6 Å². The summed E-state index contributed by atoms with van der Waals surface area (Å²) in [5.41, 5.74) is 3.52. The van der Waals surface area contributed by atoms with E-state index in [1.54, 1.807) is 47.7 Å². The van der Waals surface area contributed by atoms with Crippen molar-refractivity contribution in [3.63, 3.8) is 0 Å². The summed E-state index contributed by atoms with van der Waals surface area (Å²) in [6, 6.07) is 22.7. The Bertz CT molecular complexity index is 2090. The van der Waals surface area contributed by atoms with Crippen LogP contribution in [0.15, 0.2) is 94.2 Å². The molecule has 6 aromatic rings. The molecule has 0 aliphatic heterocycles. The Morgan fingerprint density at radius 1 is 0.750 bits per heavy atom. The summed E-state index contributed by atoms with van der Waals surface area (Å²) < 4.78 is 14.0. The van der Waals surface area contributed by atoms with Gasteiger partial charge in [0.1, 0.15) is 5.69 Å². The van der Waals surface area contributed by atoms with Crippen LogP contribution in [0.5, 0.6) is 0 Å². The van der Waals surface area contributed by atoms with Gasteiger partial charge in [0.2, 0.25) is 0 Å². The van der Waals surface area contributed by atoms with E-state index in [-0.39, 0.29) is 47.4 Å². The molecule has 4 N–H and O–H groups in total. The maximum Gasteiger partial charge on any atom is 0.273 e. The summed E-state index contributed by atoms with van der Waals surface area (Å²) in [4.78, 5) is 24.7. The molecule has 2 fully saturated rings. The van der Waals surface area contributed by atoms with Gasteiger partial charge in [0.05, 0.1) is 42.4 Å². The Labute approximate surface area is 297 Å². The monoisotopic (exact) mass is 706 g/mol. The van der Waals surface area contributed by atoms with E-state index < -0.39 is 12.2 Å². The van der Waals surface area contributed by atoms with Gasteiger partial charge in [0.15, 0.2) is 22.9 Å². The number of carbonyl (C=O) groups is 2. The molecule has 2 aliphatic carbocycles. The van der Waals surface area contributed by atoms with E-state index in [2.05, 4.69) is 41.6 Å². The van der Waals surface area contributed by atoms with Crippen molar-refractivity contribution < 1.29 is 28.8 Å². The van der Waals surface area contributed by atoms with E-state index in [9.17, 15) is 19.8 Å². The highest BCUT2D eigenvalue weighted by Gasteiger charge is 2.35. The first kappa shape index (κ1) is 34.4. The first-order chi connectivity index (χ1) is 25.2. The van der Waals surface area contributed by atoms with E-state index in [0.717, 1.165) is 36.8 Å². The summed E-state index contributed by atoms with van der Waals surface area (Å²) in [7, 11) is 0. The van der Waals surface area contributed by atoms with Gasteiger partial charge in [0, 0.05) is 35.3 Å². The molecule has 0 saturated heterocycles. The molecule has 4 heterocycles. The van der Waals surface area contributed by atoms with E-state index in [0.29, 0.717) is 22.9 Å².